The monoisotopic (exact) mass is 306 g/mol. The quantitative estimate of drug-likeness (QED) is 0.376. The smallest absolute Gasteiger partial charge is 0.0142 e. The molecule has 0 fully saturated rings. The molecule has 0 aromatic carbocycles. The highest BCUT2D eigenvalue weighted by Crippen LogP contribution is 2.35. The highest BCUT2D eigenvalue weighted by molar-refractivity contribution is 5.14. The molecule has 0 bridgehead atoms. The normalized spacial score (nSPS) is 12.7. The highest BCUT2D eigenvalue weighted by Gasteiger charge is 2.21. The molecule has 0 rings (SSSR count). The predicted molar refractivity (Wildman–Crippen MR) is 105 cm³/mol. The summed E-state index contributed by atoms with van der Waals surface area (Å²) >= 11 is 0. The van der Waals surface area contributed by atoms with Gasteiger partial charge >= 0.3 is 0 Å². The topological polar surface area (TPSA) is 0 Å². The minimum absolute atomic E-state index is 0.315. The fourth-order valence-corrected chi connectivity index (χ4v) is 2.30. The summed E-state index contributed by atoms with van der Waals surface area (Å²) in [5, 5.41) is 0. The first-order chi connectivity index (χ1) is 10.2. The second-order valence-electron chi connectivity index (χ2n) is 7.13. The van der Waals surface area contributed by atoms with Crippen LogP contribution in [-0.4, -0.2) is 0 Å². The molecule has 0 amide bonds. The average molecular weight is 307 g/mol. The van der Waals surface area contributed by atoms with Crippen molar-refractivity contribution in [2.75, 3.05) is 0 Å². The molecule has 0 saturated carbocycles. The van der Waals surface area contributed by atoms with Gasteiger partial charge in [-0.2, -0.15) is 0 Å². The lowest BCUT2D eigenvalue weighted by molar-refractivity contribution is 0.395. The van der Waals surface area contributed by atoms with Gasteiger partial charge in [0.15, 0.2) is 0 Å². The van der Waals surface area contributed by atoms with Crippen LogP contribution in [-0.2, 0) is 0 Å². The lowest BCUT2D eigenvalue weighted by Gasteiger charge is -2.28. The van der Waals surface area contributed by atoms with Gasteiger partial charge in [0.05, 0.1) is 0 Å². The molecule has 0 nitrogen and oxygen atoms in total. The molecule has 0 aliphatic carbocycles. The molecule has 130 valence electrons. The molecule has 0 unspecified atom stereocenters. The van der Waals surface area contributed by atoms with E-state index in [-0.39, 0.29) is 0 Å². The Labute approximate surface area is 141 Å². The van der Waals surface area contributed by atoms with Gasteiger partial charge in [-0.1, -0.05) is 76.8 Å². The molecule has 0 N–H and O–H groups in total. The number of hydrogen-bond acceptors (Lipinski definition) is 0. The second kappa shape index (κ2) is 13.9. The first kappa shape index (κ1) is 23.5. The zero-order chi connectivity index (χ0) is 17.6. The standard InChI is InChI=1S/C19H34.C3H8/c1-8-11-18(14-13-16(3)4)19(6,7)15-10-12-17(5)9-2;1-3-2/h11-12H,3,8-10,13-15H2,1-2,4-7H3;3H2,1-2H3/b17-12+,18-11+;. The van der Waals surface area contributed by atoms with Crippen LogP contribution in [0.4, 0.5) is 0 Å². The molecule has 0 aromatic heterocycles. The zero-order valence-corrected chi connectivity index (χ0v) is 16.8. The van der Waals surface area contributed by atoms with Gasteiger partial charge in [0.25, 0.3) is 0 Å². The Morgan fingerprint density at radius 2 is 1.50 bits per heavy atom. The van der Waals surface area contributed by atoms with Crippen molar-refractivity contribution in [1.82, 2.24) is 0 Å². The molecule has 0 spiro atoms. The van der Waals surface area contributed by atoms with Crippen molar-refractivity contribution in [3.63, 3.8) is 0 Å². The van der Waals surface area contributed by atoms with Crippen LogP contribution in [0.2, 0.25) is 0 Å². The molecule has 0 aromatic rings. The van der Waals surface area contributed by atoms with Crippen LogP contribution in [0, 0.1) is 5.41 Å². The first-order valence-electron chi connectivity index (χ1n) is 9.24. The van der Waals surface area contributed by atoms with E-state index in [0.717, 1.165) is 12.8 Å². The third-order valence-corrected chi connectivity index (χ3v) is 3.96. The Balaban J connectivity index is 0. The minimum Gasteiger partial charge on any atom is -0.100 e. The maximum Gasteiger partial charge on any atom is -0.0142 e. The Hall–Kier alpha value is -0.780. The van der Waals surface area contributed by atoms with Crippen molar-refractivity contribution < 1.29 is 0 Å². The summed E-state index contributed by atoms with van der Waals surface area (Å²) in [7, 11) is 0. The largest absolute Gasteiger partial charge is 0.100 e. The third kappa shape index (κ3) is 12.9. The Morgan fingerprint density at radius 1 is 0.955 bits per heavy atom. The van der Waals surface area contributed by atoms with Crippen molar-refractivity contribution in [3.8, 4) is 0 Å². The molecule has 0 heteroatoms. The summed E-state index contributed by atoms with van der Waals surface area (Å²) in [6, 6.07) is 0. The third-order valence-electron chi connectivity index (χ3n) is 3.96. The summed E-state index contributed by atoms with van der Waals surface area (Å²) in [6.07, 6.45) is 13.1. The zero-order valence-electron chi connectivity index (χ0n) is 16.8. The second-order valence-corrected chi connectivity index (χ2v) is 7.13. The van der Waals surface area contributed by atoms with E-state index < -0.39 is 0 Å². The fraction of sp³-hybridized carbons (Fsp3) is 0.727. The van der Waals surface area contributed by atoms with E-state index in [4.69, 9.17) is 0 Å². The van der Waals surface area contributed by atoms with Gasteiger partial charge in [-0.3, -0.25) is 0 Å². The molecule has 0 radical (unpaired) electrons. The molecule has 0 heterocycles. The number of hydrogen-bond donors (Lipinski definition) is 0. The number of rotatable bonds is 9. The van der Waals surface area contributed by atoms with Crippen LogP contribution in [0.25, 0.3) is 0 Å². The SMILES string of the molecule is C=C(C)CC/C(=C\CC)C(C)(C)CC/C=C(\C)CC.CCC. The van der Waals surface area contributed by atoms with E-state index in [2.05, 4.69) is 74.1 Å². The highest BCUT2D eigenvalue weighted by atomic mass is 14.3. The van der Waals surface area contributed by atoms with Gasteiger partial charge in [-0.25, -0.2) is 0 Å². The van der Waals surface area contributed by atoms with Crippen molar-refractivity contribution in [2.24, 2.45) is 5.41 Å². The molecule has 0 atom stereocenters. The van der Waals surface area contributed by atoms with Crippen LogP contribution < -0.4 is 0 Å². The molecular formula is C22H42. The predicted octanol–water partition coefficient (Wildman–Crippen LogP) is 8.26. The Kier molecular flexibility index (Phi) is 14.8. The van der Waals surface area contributed by atoms with Crippen molar-refractivity contribution >= 4 is 0 Å². The van der Waals surface area contributed by atoms with E-state index in [1.165, 1.54) is 43.3 Å². The van der Waals surface area contributed by atoms with Crippen molar-refractivity contribution in [1.29, 1.82) is 0 Å². The van der Waals surface area contributed by atoms with E-state index in [9.17, 15) is 0 Å². The lowest BCUT2D eigenvalue weighted by Crippen LogP contribution is -2.15. The van der Waals surface area contributed by atoms with Crippen LogP contribution in [0.15, 0.2) is 35.5 Å². The summed E-state index contributed by atoms with van der Waals surface area (Å²) in [4.78, 5) is 0. The van der Waals surface area contributed by atoms with Gasteiger partial charge in [0.2, 0.25) is 0 Å². The molecule has 0 aliphatic heterocycles. The van der Waals surface area contributed by atoms with Crippen LogP contribution in [0.5, 0.6) is 0 Å². The van der Waals surface area contributed by atoms with Crippen molar-refractivity contribution in [2.45, 2.75) is 100 Å². The Morgan fingerprint density at radius 3 is 1.91 bits per heavy atom. The van der Waals surface area contributed by atoms with Gasteiger partial charge in [0, 0.05) is 0 Å². The van der Waals surface area contributed by atoms with Crippen molar-refractivity contribution in [3.05, 3.63) is 35.5 Å². The summed E-state index contributed by atoms with van der Waals surface area (Å²) < 4.78 is 0. The van der Waals surface area contributed by atoms with Gasteiger partial charge in [-0.05, 0) is 57.8 Å². The Bertz CT molecular complexity index is 339. The van der Waals surface area contributed by atoms with Gasteiger partial charge in [-0.15, -0.1) is 6.58 Å². The first-order valence-corrected chi connectivity index (χ1v) is 9.24. The molecule has 0 saturated heterocycles. The van der Waals surface area contributed by atoms with E-state index in [1.807, 2.05) is 0 Å². The molecule has 22 heavy (non-hydrogen) atoms. The maximum absolute atomic E-state index is 4.03. The summed E-state index contributed by atoms with van der Waals surface area (Å²) in [6.45, 7) is 21.9. The van der Waals surface area contributed by atoms with E-state index in [0.29, 0.717) is 5.41 Å². The lowest BCUT2D eigenvalue weighted by atomic mass is 9.77. The number of allylic oxidation sites excluding steroid dienone is 5. The fourth-order valence-electron chi connectivity index (χ4n) is 2.30. The minimum atomic E-state index is 0.315. The van der Waals surface area contributed by atoms with E-state index in [1.54, 1.807) is 5.57 Å². The van der Waals surface area contributed by atoms with Crippen LogP contribution >= 0.6 is 0 Å². The van der Waals surface area contributed by atoms with Gasteiger partial charge < -0.3 is 0 Å². The molecular weight excluding hydrogens is 264 g/mol. The maximum atomic E-state index is 4.03. The summed E-state index contributed by atoms with van der Waals surface area (Å²) in [5.41, 5.74) is 4.73. The summed E-state index contributed by atoms with van der Waals surface area (Å²) in [5.74, 6) is 0. The van der Waals surface area contributed by atoms with Crippen LogP contribution in [0.1, 0.15) is 100 Å². The molecule has 0 aliphatic rings. The van der Waals surface area contributed by atoms with Gasteiger partial charge in [0.1, 0.15) is 0 Å². The van der Waals surface area contributed by atoms with Crippen LogP contribution in [0.3, 0.4) is 0 Å². The average Bonchev–Trinajstić information content (AvgIpc) is 2.43. The van der Waals surface area contributed by atoms with E-state index >= 15 is 0 Å².